The van der Waals surface area contributed by atoms with E-state index in [0.717, 1.165) is 12.8 Å². The summed E-state index contributed by atoms with van der Waals surface area (Å²) in [5.74, 6) is 0.675. The molecule has 0 aromatic carbocycles. The third-order valence-corrected chi connectivity index (χ3v) is 5.49. The molecule has 1 aliphatic carbocycles. The first kappa shape index (κ1) is 15.9. The fourth-order valence-corrected chi connectivity index (χ4v) is 3.24. The fraction of sp³-hybridized carbons (Fsp3) is 1.00. The highest BCUT2D eigenvalue weighted by Crippen LogP contribution is 2.41. The monoisotopic (exact) mass is 277 g/mol. The van der Waals surface area contributed by atoms with Crippen molar-refractivity contribution in [2.24, 2.45) is 11.3 Å². The summed E-state index contributed by atoms with van der Waals surface area (Å²) in [6.07, 6.45) is 3.30. The van der Waals surface area contributed by atoms with Gasteiger partial charge in [0.1, 0.15) is 0 Å². The minimum atomic E-state index is -3.21. The minimum absolute atomic E-state index is 0.0632. The van der Waals surface area contributed by atoms with Gasteiger partial charge < -0.3 is 5.11 Å². The summed E-state index contributed by atoms with van der Waals surface area (Å²) >= 11 is 0. The Morgan fingerprint density at radius 3 is 2.17 bits per heavy atom. The second-order valence-corrected chi connectivity index (χ2v) is 8.68. The van der Waals surface area contributed by atoms with E-state index in [1.54, 1.807) is 6.92 Å². The molecule has 1 rings (SSSR count). The Morgan fingerprint density at radius 1 is 1.28 bits per heavy atom. The van der Waals surface area contributed by atoms with E-state index in [1.807, 2.05) is 0 Å². The zero-order chi connectivity index (χ0) is 14.0. The molecule has 18 heavy (non-hydrogen) atoms. The van der Waals surface area contributed by atoms with Crippen LogP contribution >= 0.6 is 0 Å². The molecule has 0 aromatic heterocycles. The van der Waals surface area contributed by atoms with Gasteiger partial charge in [0.2, 0.25) is 10.0 Å². The van der Waals surface area contributed by atoms with E-state index in [9.17, 15) is 13.5 Å². The first-order valence-electron chi connectivity index (χ1n) is 6.78. The predicted octanol–water partition coefficient (Wildman–Crippen LogP) is 1.89. The van der Waals surface area contributed by atoms with Crippen molar-refractivity contribution in [3.05, 3.63) is 0 Å². The highest BCUT2D eigenvalue weighted by atomic mass is 32.2. The maximum atomic E-state index is 11.4. The molecule has 0 aliphatic heterocycles. The minimum Gasteiger partial charge on any atom is -0.389 e. The van der Waals surface area contributed by atoms with E-state index < -0.39 is 15.6 Å². The van der Waals surface area contributed by atoms with Crippen LogP contribution in [-0.4, -0.2) is 31.4 Å². The van der Waals surface area contributed by atoms with Crippen LogP contribution in [0.15, 0.2) is 0 Å². The molecule has 0 amide bonds. The van der Waals surface area contributed by atoms with E-state index in [2.05, 4.69) is 25.5 Å². The van der Waals surface area contributed by atoms with Crippen LogP contribution in [0, 0.1) is 11.3 Å². The van der Waals surface area contributed by atoms with Crippen molar-refractivity contribution < 1.29 is 13.5 Å². The van der Waals surface area contributed by atoms with Gasteiger partial charge in [0, 0.05) is 6.54 Å². The molecule has 0 aromatic rings. The van der Waals surface area contributed by atoms with Gasteiger partial charge >= 0.3 is 0 Å². The Labute approximate surface area is 111 Å². The molecule has 0 unspecified atom stereocenters. The maximum absolute atomic E-state index is 11.4. The SMILES string of the molecule is CCS(=O)(=O)NCC1(O)CCC(C(C)(C)C)CC1. The van der Waals surface area contributed by atoms with Gasteiger partial charge in [0.05, 0.1) is 11.4 Å². The summed E-state index contributed by atoms with van der Waals surface area (Å²) in [4.78, 5) is 0. The average molecular weight is 277 g/mol. The lowest BCUT2D eigenvalue weighted by Crippen LogP contribution is -2.46. The van der Waals surface area contributed by atoms with E-state index in [1.165, 1.54) is 0 Å². The third-order valence-electron chi connectivity index (χ3n) is 4.14. The second-order valence-electron chi connectivity index (χ2n) is 6.59. The fourth-order valence-electron chi connectivity index (χ4n) is 2.54. The first-order valence-corrected chi connectivity index (χ1v) is 8.43. The van der Waals surface area contributed by atoms with Gasteiger partial charge in [0.15, 0.2) is 0 Å². The number of hydrogen-bond acceptors (Lipinski definition) is 3. The third kappa shape index (κ3) is 4.52. The zero-order valence-corrected chi connectivity index (χ0v) is 12.8. The Balaban J connectivity index is 2.50. The number of aliphatic hydroxyl groups is 1. The average Bonchev–Trinajstić information content (AvgIpc) is 2.26. The predicted molar refractivity (Wildman–Crippen MR) is 73.8 cm³/mol. The summed E-state index contributed by atoms with van der Waals surface area (Å²) in [7, 11) is -3.21. The van der Waals surface area contributed by atoms with Crippen molar-refractivity contribution in [1.82, 2.24) is 4.72 Å². The van der Waals surface area contributed by atoms with E-state index in [-0.39, 0.29) is 17.7 Å². The molecule has 0 spiro atoms. The Bertz CT molecular complexity index is 362. The summed E-state index contributed by atoms with van der Waals surface area (Å²) < 4.78 is 25.3. The van der Waals surface area contributed by atoms with Crippen LogP contribution in [0.3, 0.4) is 0 Å². The summed E-state index contributed by atoms with van der Waals surface area (Å²) in [5.41, 5.74) is -0.589. The van der Waals surface area contributed by atoms with E-state index in [4.69, 9.17) is 0 Å². The lowest BCUT2D eigenvalue weighted by molar-refractivity contribution is -0.0201. The topological polar surface area (TPSA) is 66.4 Å². The largest absolute Gasteiger partial charge is 0.389 e. The summed E-state index contributed by atoms with van der Waals surface area (Å²) in [5, 5.41) is 10.4. The molecule has 0 radical (unpaired) electrons. The van der Waals surface area contributed by atoms with Crippen molar-refractivity contribution in [3.8, 4) is 0 Å². The Morgan fingerprint density at radius 2 is 1.78 bits per heavy atom. The van der Waals surface area contributed by atoms with E-state index >= 15 is 0 Å². The molecule has 0 heterocycles. The Hall–Kier alpha value is -0.130. The van der Waals surface area contributed by atoms with Crippen LogP contribution in [0.2, 0.25) is 0 Å². The van der Waals surface area contributed by atoms with Crippen LogP contribution in [0.4, 0.5) is 0 Å². The van der Waals surface area contributed by atoms with Gasteiger partial charge in [-0.05, 0) is 43.9 Å². The van der Waals surface area contributed by atoms with Gasteiger partial charge in [-0.1, -0.05) is 20.8 Å². The molecular formula is C13H27NO3S. The van der Waals surface area contributed by atoms with Gasteiger partial charge in [0.25, 0.3) is 0 Å². The van der Waals surface area contributed by atoms with Gasteiger partial charge in [-0.3, -0.25) is 0 Å². The van der Waals surface area contributed by atoms with Crippen molar-refractivity contribution in [1.29, 1.82) is 0 Å². The number of hydrogen-bond donors (Lipinski definition) is 2. The number of nitrogens with one attached hydrogen (secondary N) is 1. The normalized spacial score (nSPS) is 30.4. The number of sulfonamides is 1. The Kier molecular flexibility index (Phi) is 4.84. The van der Waals surface area contributed by atoms with Crippen LogP contribution in [0.25, 0.3) is 0 Å². The second kappa shape index (κ2) is 5.47. The molecule has 1 fully saturated rings. The molecule has 0 saturated heterocycles. The highest BCUT2D eigenvalue weighted by molar-refractivity contribution is 7.89. The van der Waals surface area contributed by atoms with Crippen molar-refractivity contribution >= 4 is 10.0 Å². The van der Waals surface area contributed by atoms with Crippen molar-refractivity contribution in [2.45, 2.75) is 59.0 Å². The first-order chi connectivity index (χ1) is 8.08. The molecule has 0 bridgehead atoms. The van der Waals surface area contributed by atoms with Gasteiger partial charge in [-0.15, -0.1) is 0 Å². The summed E-state index contributed by atoms with van der Waals surface area (Å²) in [6, 6.07) is 0. The molecule has 4 nitrogen and oxygen atoms in total. The molecule has 108 valence electrons. The quantitative estimate of drug-likeness (QED) is 0.824. The molecule has 1 aliphatic rings. The molecule has 2 N–H and O–H groups in total. The lowest BCUT2D eigenvalue weighted by atomic mass is 9.68. The standard InChI is InChI=1S/C13H27NO3S/c1-5-18(16,17)14-10-13(15)8-6-11(7-9-13)12(2,3)4/h11,14-15H,5-10H2,1-4H3. The van der Waals surface area contributed by atoms with Crippen LogP contribution in [-0.2, 0) is 10.0 Å². The smallest absolute Gasteiger partial charge is 0.211 e. The number of rotatable bonds is 4. The van der Waals surface area contributed by atoms with Crippen molar-refractivity contribution in [3.63, 3.8) is 0 Å². The van der Waals surface area contributed by atoms with Gasteiger partial charge in [-0.25, -0.2) is 13.1 Å². The van der Waals surface area contributed by atoms with Crippen LogP contribution in [0.1, 0.15) is 53.4 Å². The molecular weight excluding hydrogens is 250 g/mol. The maximum Gasteiger partial charge on any atom is 0.211 e. The van der Waals surface area contributed by atoms with Crippen molar-refractivity contribution in [2.75, 3.05) is 12.3 Å². The molecule has 1 saturated carbocycles. The highest BCUT2D eigenvalue weighted by Gasteiger charge is 2.37. The molecule has 0 atom stereocenters. The van der Waals surface area contributed by atoms with Crippen LogP contribution < -0.4 is 4.72 Å². The zero-order valence-electron chi connectivity index (χ0n) is 12.0. The van der Waals surface area contributed by atoms with Gasteiger partial charge in [-0.2, -0.15) is 0 Å². The van der Waals surface area contributed by atoms with E-state index in [0.29, 0.717) is 18.8 Å². The lowest BCUT2D eigenvalue weighted by Gasteiger charge is -2.41. The summed E-state index contributed by atoms with van der Waals surface area (Å²) in [6.45, 7) is 8.43. The molecule has 5 heteroatoms. The van der Waals surface area contributed by atoms with Crippen LogP contribution in [0.5, 0.6) is 0 Å².